The van der Waals surface area contributed by atoms with Crippen LogP contribution in [-0.2, 0) is 4.79 Å². The summed E-state index contributed by atoms with van der Waals surface area (Å²) < 4.78 is 4.02. The molecule has 1 saturated carbocycles. The molecule has 1 aromatic rings. The lowest BCUT2D eigenvalue weighted by molar-refractivity contribution is -0.123. The Morgan fingerprint density at radius 2 is 2.00 bits per heavy atom. The molecule has 0 bridgehead atoms. The van der Waals surface area contributed by atoms with Gasteiger partial charge in [-0.1, -0.05) is 12.8 Å². The van der Waals surface area contributed by atoms with Crippen molar-refractivity contribution in [2.45, 2.75) is 38.1 Å². The zero-order chi connectivity index (χ0) is 14.2. The Kier molecular flexibility index (Phi) is 3.60. The first-order valence-electron chi connectivity index (χ1n) is 6.13. The van der Waals surface area contributed by atoms with Gasteiger partial charge in [0.05, 0.1) is 11.2 Å². The predicted octanol–water partition coefficient (Wildman–Crippen LogP) is 1.38. The Morgan fingerprint density at radius 1 is 1.42 bits per heavy atom. The SMILES string of the molecule is Cc1nsc(N(C)C(=O)C2(N)CCCC2)c1C(=O)O. The van der Waals surface area contributed by atoms with E-state index in [1.54, 1.807) is 14.0 Å². The van der Waals surface area contributed by atoms with Gasteiger partial charge in [0, 0.05) is 7.05 Å². The van der Waals surface area contributed by atoms with E-state index in [0.717, 1.165) is 24.4 Å². The molecular formula is C12H17N3O3S. The third kappa shape index (κ3) is 2.35. The molecule has 1 heterocycles. The number of aryl methyl sites for hydroxylation is 1. The summed E-state index contributed by atoms with van der Waals surface area (Å²) >= 11 is 1.02. The molecule has 1 aliphatic carbocycles. The minimum atomic E-state index is -1.07. The second-order valence-corrected chi connectivity index (χ2v) is 5.73. The number of carboxylic acids is 1. The number of carbonyl (C=O) groups is 2. The van der Waals surface area contributed by atoms with Crippen LogP contribution < -0.4 is 10.6 Å². The highest BCUT2D eigenvalue weighted by molar-refractivity contribution is 7.11. The number of nitrogens with two attached hydrogens (primary N) is 1. The molecule has 0 atom stereocenters. The molecule has 1 aromatic heterocycles. The number of aromatic carboxylic acids is 1. The number of nitrogens with zero attached hydrogens (tertiary/aromatic N) is 2. The van der Waals surface area contributed by atoms with Gasteiger partial charge in [-0.25, -0.2) is 4.79 Å². The van der Waals surface area contributed by atoms with Crippen molar-refractivity contribution in [2.24, 2.45) is 5.73 Å². The highest BCUT2D eigenvalue weighted by Crippen LogP contribution is 2.33. The number of carbonyl (C=O) groups excluding carboxylic acids is 1. The van der Waals surface area contributed by atoms with Crippen LogP contribution in [0.5, 0.6) is 0 Å². The maximum absolute atomic E-state index is 12.4. The molecule has 0 saturated heterocycles. The van der Waals surface area contributed by atoms with Gasteiger partial charge in [0.2, 0.25) is 5.91 Å². The summed E-state index contributed by atoms with van der Waals surface area (Å²) in [6.07, 6.45) is 3.17. The normalized spacial score (nSPS) is 17.4. The van der Waals surface area contributed by atoms with Crippen LogP contribution in [0.3, 0.4) is 0 Å². The van der Waals surface area contributed by atoms with Crippen molar-refractivity contribution in [2.75, 3.05) is 11.9 Å². The number of carboxylic acid groups (broad SMARTS) is 1. The van der Waals surface area contributed by atoms with Gasteiger partial charge in [-0.2, -0.15) is 4.37 Å². The van der Waals surface area contributed by atoms with Gasteiger partial charge in [0.25, 0.3) is 0 Å². The molecule has 7 heteroatoms. The van der Waals surface area contributed by atoms with Crippen molar-refractivity contribution in [1.29, 1.82) is 0 Å². The van der Waals surface area contributed by atoms with Crippen LogP contribution in [0.4, 0.5) is 5.00 Å². The van der Waals surface area contributed by atoms with E-state index in [0.29, 0.717) is 23.5 Å². The smallest absolute Gasteiger partial charge is 0.340 e. The summed E-state index contributed by atoms with van der Waals surface area (Å²) in [6, 6.07) is 0. The lowest BCUT2D eigenvalue weighted by atomic mass is 9.97. The van der Waals surface area contributed by atoms with E-state index in [1.165, 1.54) is 4.90 Å². The van der Waals surface area contributed by atoms with E-state index in [2.05, 4.69) is 4.37 Å². The van der Waals surface area contributed by atoms with Crippen molar-refractivity contribution in [3.05, 3.63) is 11.3 Å². The van der Waals surface area contributed by atoms with Crippen LogP contribution in [0.25, 0.3) is 0 Å². The molecule has 0 aromatic carbocycles. The van der Waals surface area contributed by atoms with E-state index in [1.807, 2.05) is 0 Å². The van der Waals surface area contributed by atoms with E-state index in [9.17, 15) is 14.7 Å². The second kappa shape index (κ2) is 4.90. The Bertz CT molecular complexity index is 520. The zero-order valence-corrected chi connectivity index (χ0v) is 11.8. The van der Waals surface area contributed by atoms with Gasteiger partial charge in [-0.3, -0.25) is 4.79 Å². The van der Waals surface area contributed by atoms with E-state index in [4.69, 9.17) is 5.73 Å². The summed E-state index contributed by atoms with van der Waals surface area (Å²) in [5.74, 6) is -1.30. The molecule has 19 heavy (non-hydrogen) atoms. The van der Waals surface area contributed by atoms with Crippen LogP contribution >= 0.6 is 11.5 Å². The van der Waals surface area contributed by atoms with Gasteiger partial charge in [0.1, 0.15) is 10.6 Å². The van der Waals surface area contributed by atoms with Crippen molar-refractivity contribution in [1.82, 2.24) is 4.37 Å². The molecule has 1 fully saturated rings. The summed E-state index contributed by atoms with van der Waals surface area (Å²) in [5, 5.41) is 9.55. The lowest BCUT2D eigenvalue weighted by Crippen LogP contribution is -2.52. The van der Waals surface area contributed by atoms with Gasteiger partial charge >= 0.3 is 5.97 Å². The number of amides is 1. The Hall–Kier alpha value is -1.47. The number of aromatic nitrogens is 1. The van der Waals surface area contributed by atoms with Crippen LogP contribution in [0, 0.1) is 6.92 Å². The summed E-state index contributed by atoms with van der Waals surface area (Å²) in [6.45, 7) is 1.62. The minimum Gasteiger partial charge on any atom is -0.478 e. The standard InChI is InChI=1S/C12H17N3O3S/c1-7-8(10(16)17)9(19-14-7)15(2)11(18)12(13)5-3-4-6-12/h3-6,13H2,1-2H3,(H,16,17). The Labute approximate surface area is 115 Å². The second-order valence-electron chi connectivity index (χ2n) is 4.98. The summed E-state index contributed by atoms with van der Waals surface area (Å²) in [5.41, 5.74) is 5.77. The number of anilines is 1. The Balaban J connectivity index is 2.32. The average molecular weight is 283 g/mol. The monoisotopic (exact) mass is 283 g/mol. The molecule has 0 spiro atoms. The first-order valence-corrected chi connectivity index (χ1v) is 6.91. The van der Waals surface area contributed by atoms with E-state index < -0.39 is 11.5 Å². The third-order valence-electron chi connectivity index (χ3n) is 3.59. The number of hydrogen-bond donors (Lipinski definition) is 2. The van der Waals surface area contributed by atoms with Crippen molar-refractivity contribution >= 4 is 28.4 Å². The van der Waals surface area contributed by atoms with Gasteiger partial charge < -0.3 is 15.7 Å². The third-order valence-corrected chi connectivity index (χ3v) is 4.61. The maximum atomic E-state index is 12.4. The molecule has 0 radical (unpaired) electrons. The largest absolute Gasteiger partial charge is 0.478 e. The van der Waals surface area contributed by atoms with E-state index in [-0.39, 0.29) is 11.5 Å². The number of likely N-dealkylation sites (N-methyl/N-ethyl adjacent to an activating group) is 1. The fourth-order valence-corrected chi connectivity index (χ4v) is 3.33. The molecule has 104 valence electrons. The molecule has 1 amide bonds. The maximum Gasteiger partial charge on any atom is 0.340 e. The average Bonchev–Trinajstić information content (AvgIpc) is 2.94. The Morgan fingerprint density at radius 3 is 2.53 bits per heavy atom. The van der Waals surface area contributed by atoms with Crippen LogP contribution in [0.1, 0.15) is 41.7 Å². The molecule has 6 nitrogen and oxygen atoms in total. The van der Waals surface area contributed by atoms with Gasteiger partial charge in [-0.15, -0.1) is 0 Å². The summed E-state index contributed by atoms with van der Waals surface area (Å²) in [4.78, 5) is 25.0. The quantitative estimate of drug-likeness (QED) is 0.873. The molecule has 1 aliphatic rings. The fraction of sp³-hybridized carbons (Fsp3) is 0.583. The minimum absolute atomic E-state index is 0.0856. The van der Waals surface area contributed by atoms with Crippen LogP contribution in [-0.4, -0.2) is 33.9 Å². The molecule has 0 aliphatic heterocycles. The molecule has 0 unspecified atom stereocenters. The predicted molar refractivity (Wildman–Crippen MR) is 72.6 cm³/mol. The fourth-order valence-electron chi connectivity index (χ4n) is 2.48. The topological polar surface area (TPSA) is 96.5 Å². The van der Waals surface area contributed by atoms with Crippen LogP contribution in [0.2, 0.25) is 0 Å². The van der Waals surface area contributed by atoms with Gasteiger partial charge in [0.15, 0.2) is 0 Å². The lowest BCUT2D eigenvalue weighted by Gasteiger charge is -2.27. The number of hydrogen-bond acceptors (Lipinski definition) is 5. The first kappa shape index (κ1) is 14.0. The van der Waals surface area contributed by atoms with Crippen molar-refractivity contribution in [3.8, 4) is 0 Å². The zero-order valence-electron chi connectivity index (χ0n) is 11.0. The van der Waals surface area contributed by atoms with Crippen molar-refractivity contribution < 1.29 is 14.7 Å². The first-order chi connectivity index (χ1) is 8.87. The molecule has 2 rings (SSSR count). The van der Waals surface area contributed by atoms with E-state index >= 15 is 0 Å². The number of rotatable bonds is 3. The van der Waals surface area contributed by atoms with Gasteiger partial charge in [-0.05, 0) is 31.3 Å². The highest BCUT2D eigenvalue weighted by Gasteiger charge is 2.40. The van der Waals surface area contributed by atoms with Crippen LogP contribution in [0.15, 0.2) is 0 Å². The molecular weight excluding hydrogens is 266 g/mol. The molecule has 3 N–H and O–H groups in total. The summed E-state index contributed by atoms with van der Waals surface area (Å²) in [7, 11) is 1.56. The highest BCUT2D eigenvalue weighted by atomic mass is 32.1. The van der Waals surface area contributed by atoms with Crippen molar-refractivity contribution in [3.63, 3.8) is 0 Å².